The van der Waals surface area contributed by atoms with Crippen molar-refractivity contribution in [3.05, 3.63) is 70.8 Å². The van der Waals surface area contributed by atoms with Gasteiger partial charge in [0, 0.05) is 30.7 Å². The monoisotopic (exact) mass is 352 g/mol. The fourth-order valence-electron chi connectivity index (χ4n) is 3.32. The van der Waals surface area contributed by atoms with Crippen molar-refractivity contribution in [2.75, 3.05) is 13.1 Å². The van der Waals surface area contributed by atoms with Crippen molar-refractivity contribution in [3.63, 3.8) is 0 Å². The van der Waals surface area contributed by atoms with Crippen molar-refractivity contribution in [2.45, 2.75) is 32.4 Å². The highest BCUT2D eigenvalue weighted by Gasteiger charge is 2.30. The Morgan fingerprint density at radius 2 is 1.77 bits per heavy atom. The molecule has 3 rings (SSSR count). The Kier molecular flexibility index (Phi) is 5.09. The molecule has 0 saturated heterocycles. The van der Waals surface area contributed by atoms with Gasteiger partial charge in [-0.25, -0.2) is 4.79 Å². The van der Waals surface area contributed by atoms with Gasteiger partial charge in [-0.3, -0.25) is 9.69 Å². The molecule has 26 heavy (non-hydrogen) atoms. The van der Waals surface area contributed by atoms with Gasteiger partial charge in [-0.05, 0) is 49.6 Å². The first-order valence-electron chi connectivity index (χ1n) is 8.80. The predicted molar refractivity (Wildman–Crippen MR) is 100 cm³/mol. The highest BCUT2D eigenvalue weighted by atomic mass is 16.4. The number of benzene rings is 2. The summed E-state index contributed by atoms with van der Waals surface area (Å²) in [6, 6.07) is 14.6. The fourth-order valence-corrected chi connectivity index (χ4v) is 3.32. The van der Waals surface area contributed by atoms with Gasteiger partial charge in [0.05, 0.1) is 5.56 Å². The summed E-state index contributed by atoms with van der Waals surface area (Å²) in [5.41, 5.74) is 3.02. The molecule has 0 aromatic heterocycles. The molecule has 1 amide bonds. The number of fused-ring (bicyclic) bond motifs is 1. The van der Waals surface area contributed by atoms with Gasteiger partial charge in [0.1, 0.15) is 0 Å². The Bertz CT molecular complexity index is 830. The molecule has 0 radical (unpaired) electrons. The summed E-state index contributed by atoms with van der Waals surface area (Å²) >= 11 is 0. The number of aromatic carboxylic acids is 1. The lowest BCUT2D eigenvalue weighted by molar-refractivity contribution is 0.0697. The van der Waals surface area contributed by atoms with E-state index in [2.05, 4.69) is 48.3 Å². The van der Waals surface area contributed by atoms with Crippen LogP contribution in [0.5, 0.6) is 0 Å². The van der Waals surface area contributed by atoms with Gasteiger partial charge in [0.2, 0.25) is 0 Å². The molecule has 2 aromatic carbocycles. The van der Waals surface area contributed by atoms with E-state index in [1.54, 1.807) is 12.1 Å². The predicted octanol–water partition coefficient (Wildman–Crippen LogP) is 2.95. The van der Waals surface area contributed by atoms with Gasteiger partial charge >= 0.3 is 5.97 Å². The molecule has 0 aliphatic carbocycles. The number of carboxylic acids is 1. The van der Waals surface area contributed by atoms with E-state index < -0.39 is 5.97 Å². The molecule has 0 saturated carbocycles. The number of nitrogens with one attached hydrogen (secondary N) is 1. The van der Waals surface area contributed by atoms with Crippen molar-refractivity contribution >= 4 is 11.9 Å². The van der Waals surface area contributed by atoms with Crippen LogP contribution in [0, 0.1) is 0 Å². The van der Waals surface area contributed by atoms with Gasteiger partial charge in [0.15, 0.2) is 0 Å². The molecule has 2 N–H and O–H groups in total. The SMILES string of the molecule is CC(C)(CNC(=O)c1cccc(C(=O)O)c1)N1CCc2ccccc2C1. The minimum atomic E-state index is -1.04. The van der Waals surface area contributed by atoms with E-state index >= 15 is 0 Å². The summed E-state index contributed by atoms with van der Waals surface area (Å²) in [6.07, 6.45) is 1.01. The van der Waals surface area contributed by atoms with E-state index in [0.29, 0.717) is 12.1 Å². The maximum absolute atomic E-state index is 12.4. The van der Waals surface area contributed by atoms with Crippen LogP contribution in [0.4, 0.5) is 0 Å². The second-order valence-electron chi connectivity index (χ2n) is 7.32. The molecular weight excluding hydrogens is 328 g/mol. The first-order chi connectivity index (χ1) is 12.4. The first-order valence-corrected chi connectivity index (χ1v) is 8.80. The Labute approximate surface area is 153 Å². The summed E-state index contributed by atoms with van der Waals surface area (Å²) in [5, 5.41) is 12.0. The van der Waals surface area contributed by atoms with Gasteiger partial charge in [-0.15, -0.1) is 0 Å². The average Bonchev–Trinajstić information content (AvgIpc) is 2.65. The largest absolute Gasteiger partial charge is 0.478 e. The average molecular weight is 352 g/mol. The zero-order valence-corrected chi connectivity index (χ0v) is 15.2. The molecule has 5 nitrogen and oxygen atoms in total. The Morgan fingerprint density at radius 1 is 1.08 bits per heavy atom. The van der Waals surface area contributed by atoms with Crippen LogP contribution in [0.1, 0.15) is 45.7 Å². The normalized spacial score (nSPS) is 14.5. The van der Waals surface area contributed by atoms with E-state index in [1.807, 2.05) is 0 Å². The molecule has 5 heteroatoms. The van der Waals surface area contributed by atoms with Crippen molar-refractivity contribution in [1.29, 1.82) is 0 Å². The number of carbonyl (C=O) groups excluding carboxylic acids is 1. The van der Waals surface area contributed by atoms with Crippen LogP contribution in [0.25, 0.3) is 0 Å². The highest BCUT2D eigenvalue weighted by Crippen LogP contribution is 2.25. The second-order valence-corrected chi connectivity index (χ2v) is 7.32. The number of amides is 1. The van der Waals surface area contributed by atoms with Crippen LogP contribution in [0.2, 0.25) is 0 Å². The third-order valence-electron chi connectivity index (χ3n) is 5.04. The number of nitrogens with zero attached hydrogens (tertiary/aromatic N) is 1. The minimum absolute atomic E-state index is 0.115. The minimum Gasteiger partial charge on any atom is -0.478 e. The summed E-state index contributed by atoms with van der Waals surface area (Å²) in [5.74, 6) is -1.29. The van der Waals surface area contributed by atoms with Crippen molar-refractivity contribution in [1.82, 2.24) is 10.2 Å². The summed E-state index contributed by atoms with van der Waals surface area (Å²) in [7, 11) is 0. The van der Waals surface area contributed by atoms with E-state index in [4.69, 9.17) is 5.11 Å². The number of hydrogen-bond donors (Lipinski definition) is 2. The molecule has 0 spiro atoms. The molecular formula is C21H24N2O3. The van der Waals surface area contributed by atoms with Crippen LogP contribution in [-0.4, -0.2) is 40.5 Å². The lowest BCUT2D eigenvalue weighted by Crippen LogP contribution is -2.53. The van der Waals surface area contributed by atoms with Crippen LogP contribution >= 0.6 is 0 Å². The molecule has 0 bridgehead atoms. The van der Waals surface area contributed by atoms with Crippen molar-refractivity contribution in [2.24, 2.45) is 0 Å². The zero-order valence-electron chi connectivity index (χ0n) is 15.2. The number of hydrogen-bond acceptors (Lipinski definition) is 3. The van der Waals surface area contributed by atoms with E-state index in [0.717, 1.165) is 19.5 Å². The lowest BCUT2D eigenvalue weighted by Gasteiger charge is -2.41. The van der Waals surface area contributed by atoms with Gasteiger partial charge in [-0.1, -0.05) is 30.3 Å². The quantitative estimate of drug-likeness (QED) is 0.868. The van der Waals surface area contributed by atoms with Gasteiger partial charge in [0.25, 0.3) is 5.91 Å². The third kappa shape index (κ3) is 3.94. The van der Waals surface area contributed by atoms with Crippen molar-refractivity contribution < 1.29 is 14.7 Å². The van der Waals surface area contributed by atoms with Crippen LogP contribution in [0.3, 0.4) is 0 Å². The first kappa shape index (κ1) is 18.1. The topological polar surface area (TPSA) is 69.6 Å². The number of carboxylic acid groups (broad SMARTS) is 1. The van der Waals surface area contributed by atoms with Gasteiger partial charge < -0.3 is 10.4 Å². The smallest absolute Gasteiger partial charge is 0.335 e. The van der Waals surface area contributed by atoms with E-state index in [9.17, 15) is 9.59 Å². The molecule has 2 aromatic rings. The lowest BCUT2D eigenvalue weighted by atomic mass is 9.94. The molecule has 0 fully saturated rings. The van der Waals surface area contributed by atoms with Crippen LogP contribution in [0.15, 0.2) is 48.5 Å². The maximum atomic E-state index is 12.4. The summed E-state index contributed by atoms with van der Waals surface area (Å²) in [4.78, 5) is 25.9. The maximum Gasteiger partial charge on any atom is 0.335 e. The highest BCUT2D eigenvalue weighted by molar-refractivity contribution is 5.97. The second kappa shape index (κ2) is 7.30. The molecule has 0 unspecified atom stereocenters. The fraction of sp³-hybridized carbons (Fsp3) is 0.333. The van der Waals surface area contributed by atoms with E-state index in [-0.39, 0.29) is 17.0 Å². The van der Waals surface area contributed by atoms with Gasteiger partial charge in [-0.2, -0.15) is 0 Å². The summed E-state index contributed by atoms with van der Waals surface area (Å²) < 4.78 is 0. The number of carbonyl (C=O) groups is 2. The molecule has 1 aliphatic heterocycles. The number of rotatable bonds is 5. The van der Waals surface area contributed by atoms with E-state index in [1.165, 1.54) is 23.3 Å². The summed E-state index contributed by atoms with van der Waals surface area (Å²) in [6.45, 7) is 6.55. The molecule has 1 aliphatic rings. The van der Waals surface area contributed by atoms with Crippen LogP contribution in [-0.2, 0) is 13.0 Å². The molecule has 1 heterocycles. The Morgan fingerprint density at radius 3 is 2.50 bits per heavy atom. The third-order valence-corrected chi connectivity index (χ3v) is 5.04. The molecule has 0 atom stereocenters. The zero-order chi connectivity index (χ0) is 18.7. The molecule has 136 valence electrons. The Balaban J connectivity index is 1.64. The Hall–Kier alpha value is -2.66. The standard InChI is InChI=1S/C21H24N2O3/c1-21(2,23-11-10-15-6-3-4-7-18(15)13-23)14-22-19(24)16-8-5-9-17(12-16)20(25)26/h3-9,12H,10-11,13-14H2,1-2H3,(H,22,24)(H,25,26). The van der Waals surface area contributed by atoms with Crippen LogP contribution < -0.4 is 5.32 Å². The van der Waals surface area contributed by atoms with Crippen molar-refractivity contribution in [3.8, 4) is 0 Å².